The largest absolute Gasteiger partial charge is 0.457 e. The lowest BCUT2D eigenvalue weighted by molar-refractivity contribution is -0.143. The van der Waals surface area contributed by atoms with Gasteiger partial charge in [0.05, 0.1) is 12.0 Å². The van der Waals surface area contributed by atoms with Gasteiger partial charge < -0.3 is 14.6 Å². The maximum Gasteiger partial charge on any atom is 0.309 e. The molecule has 1 aliphatic carbocycles. The minimum atomic E-state index is -1.04. The Balaban J connectivity index is 2.30. The molecule has 0 unspecified atom stereocenters. The first-order chi connectivity index (χ1) is 9.75. The number of cyclic esters (lactones) is 1. The molecule has 1 N–H and O–H groups in total. The summed E-state index contributed by atoms with van der Waals surface area (Å²) in [6, 6.07) is 0. The van der Waals surface area contributed by atoms with E-state index in [1.54, 1.807) is 13.8 Å². The number of alkyl halides is 1. The first kappa shape index (κ1) is 16.2. The molecule has 0 aromatic rings. The van der Waals surface area contributed by atoms with Crippen LogP contribution in [0.3, 0.4) is 0 Å². The quantitative estimate of drug-likeness (QED) is 0.626. The zero-order valence-corrected chi connectivity index (χ0v) is 13.0. The van der Waals surface area contributed by atoms with Crippen LogP contribution in [0.2, 0.25) is 0 Å². The van der Waals surface area contributed by atoms with Crippen LogP contribution < -0.4 is 0 Å². The van der Waals surface area contributed by atoms with E-state index in [2.05, 4.69) is 0 Å². The van der Waals surface area contributed by atoms with E-state index in [1.165, 1.54) is 6.92 Å². The highest BCUT2D eigenvalue weighted by Crippen LogP contribution is 2.41. The van der Waals surface area contributed by atoms with Gasteiger partial charge in [-0.2, -0.15) is 0 Å². The van der Waals surface area contributed by atoms with Gasteiger partial charge in [-0.25, -0.2) is 0 Å². The molecule has 0 saturated carbocycles. The number of rotatable bonds is 4. The van der Waals surface area contributed by atoms with Gasteiger partial charge in [0, 0.05) is 17.9 Å². The molecule has 2 aliphatic rings. The number of hydrogen-bond donors (Lipinski definition) is 1. The van der Waals surface area contributed by atoms with Crippen LogP contribution in [-0.2, 0) is 19.1 Å². The smallest absolute Gasteiger partial charge is 0.309 e. The lowest BCUT2D eigenvalue weighted by Gasteiger charge is -2.20. The Hall–Kier alpha value is -1.20. The average Bonchev–Trinajstić information content (AvgIpc) is 2.79. The number of hydrogen-bond acceptors (Lipinski definition) is 5. The van der Waals surface area contributed by atoms with Gasteiger partial charge in [0.2, 0.25) is 0 Å². The summed E-state index contributed by atoms with van der Waals surface area (Å²) in [7, 11) is 0. The van der Waals surface area contributed by atoms with Crippen molar-refractivity contribution in [2.75, 3.05) is 0 Å². The van der Waals surface area contributed by atoms with Crippen LogP contribution in [0.4, 0.5) is 0 Å². The van der Waals surface area contributed by atoms with Gasteiger partial charge >= 0.3 is 5.97 Å². The van der Waals surface area contributed by atoms with E-state index >= 15 is 0 Å². The third-order valence-corrected chi connectivity index (χ3v) is 4.86. The van der Waals surface area contributed by atoms with Crippen molar-refractivity contribution in [2.24, 2.45) is 11.8 Å². The molecule has 0 bridgehead atoms. The van der Waals surface area contributed by atoms with Gasteiger partial charge in [0.15, 0.2) is 5.78 Å². The molecule has 116 valence electrons. The first-order valence-corrected chi connectivity index (χ1v) is 7.46. The summed E-state index contributed by atoms with van der Waals surface area (Å²) in [4.78, 5) is 35.2. The van der Waals surface area contributed by atoms with Crippen molar-refractivity contribution in [3.05, 3.63) is 11.1 Å². The normalized spacial score (nSPS) is 36.3. The average molecular weight is 315 g/mol. The SMILES string of the molecule is CC(=O)CC[C@H]1[C@H](C)C(=O)O[C@@H]1C1=C(C)[C@H](O)[C@@H](Cl)C1=O. The van der Waals surface area contributed by atoms with Crippen molar-refractivity contribution in [1.29, 1.82) is 0 Å². The number of carbonyl (C=O) groups excluding carboxylic acids is 3. The summed E-state index contributed by atoms with van der Waals surface area (Å²) < 4.78 is 5.34. The summed E-state index contributed by atoms with van der Waals surface area (Å²) in [5.74, 6) is -1.37. The Morgan fingerprint density at radius 3 is 2.48 bits per heavy atom. The maximum absolute atomic E-state index is 12.2. The zero-order chi connectivity index (χ0) is 15.9. The molecule has 0 radical (unpaired) electrons. The second-order valence-corrected chi connectivity index (χ2v) is 6.33. The van der Waals surface area contributed by atoms with Crippen molar-refractivity contribution in [3.63, 3.8) is 0 Å². The lowest BCUT2D eigenvalue weighted by atomic mass is 9.83. The Morgan fingerprint density at radius 1 is 1.38 bits per heavy atom. The molecule has 1 fully saturated rings. The number of aliphatic hydroxyl groups is 1. The molecule has 2 rings (SSSR count). The summed E-state index contributed by atoms with van der Waals surface area (Å²) in [5.41, 5.74) is 0.758. The van der Waals surface area contributed by atoms with Gasteiger partial charge in [-0.1, -0.05) is 6.92 Å². The third-order valence-electron chi connectivity index (χ3n) is 4.42. The predicted octanol–water partition coefficient (Wildman–Crippen LogP) is 1.40. The van der Waals surface area contributed by atoms with Crippen molar-refractivity contribution < 1.29 is 24.2 Å². The highest BCUT2D eigenvalue weighted by molar-refractivity contribution is 6.36. The lowest BCUT2D eigenvalue weighted by Crippen LogP contribution is -2.28. The van der Waals surface area contributed by atoms with Crippen LogP contribution in [0.1, 0.15) is 33.6 Å². The fourth-order valence-corrected chi connectivity index (χ4v) is 3.34. The van der Waals surface area contributed by atoms with E-state index in [0.717, 1.165) is 0 Å². The minimum absolute atomic E-state index is 0.0269. The Bertz CT molecular complexity index is 524. The van der Waals surface area contributed by atoms with Gasteiger partial charge in [-0.05, 0) is 25.8 Å². The van der Waals surface area contributed by atoms with E-state index in [4.69, 9.17) is 16.3 Å². The predicted molar refractivity (Wildman–Crippen MR) is 75.8 cm³/mol. The highest BCUT2D eigenvalue weighted by atomic mass is 35.5. The van der Waals surface area contributed by atoms with Crippen LogP contribution in [0.5, 0.6) is 0 Å². The van der Waals surface area contributed by atoms with Gasteiger partial charge in [0.25, 0.3) is 0 Å². The van der Waals surface area contributed by atoms with Crippen molar-refractivity contribution >= 4 is 29.1 Å². The molecule has 1 heterocycles. The Morgan fingerprint density at radius 2 is 2.00 bits per heavy atom. The minimum Gasteiger partial charge on any atom is -0.457 e. The molecule has 0 aromatic heterocycles. The van der Waals surface area contributed by atoms with Crippen LogP contribution in [0.25, 0.3) is 0 Å². The molecule has 21 heavy (non-hydrogen) atoms. The van der Waals surface area contributed by atoms with E-state index < -0.39 is 17.6 Å². The third kappa shape index (κ3) is 2.77. The molecule has 0 amide bonds. The van der Waals surface area contributed by atoms with Gasteiger partial charge in [-0.3, -0.25) is 9.59 Å². The molecule has 1 saturated heterocycles. The fourth-order valence-electron chi connectivity index (χ4n) is 3.03. The number of ether oxygens (including phenoxy) is 1. The van der Waals surface area contributed by atoms with Crippen molar-refractivity contribution in [2.45, 2.75) is 51.2 Å². The second-order valence-electron chi connectivity index (χ2n) is 5.86. The first-order valence-electron chi connectivity index (χ1n) is 7.02. The fraction of sp³-hybridized carbons (Fsp3) is 0.667. The molecule has 5 nitrogen and oxygen atoms in total. The van der Waals surface area contributed by atoms with E-state index in [9.17, 15) is 19.5 Å². The van der Waals surface area contributed by atoms with Crippen LogP contribution in [0.15, 0.2) is 11.1 Å². The van der Waals surface area contributed by atoms with Crippen LogP contribution >= 0.6 is 11.6 Å². The van der Waals surface area contributed by atoms with E-state index in [1.807, 2.05) is 0 Å². The maximum atomic E-state index is 12.2. The highest BCUT2D eigenvalue weighted by Gasteiger charge is 2.50. The Kier molecular flexibility index (Phi) is 4.54. The van der Waals surface area contributed by atoms with Crippen LogP contribution in [-0.4, -0.2) is 40.2 Å². The number of Topliss-reactive ketones (excluding diaryl/α,β-unsaturated/α-hetero) is 2. The summed E-state index contributed by atoms with van der Waals surface area (Å²) in [5, 5.41) is 8.87. The molecular weight excluding hydrogens is 296 g/mol. The number of esters is 1. The Labute approximate surface area is 128 Å². The summed E-state index contributed by atoms with van der Waals surface area (Å²) >= 11 is 5.89. The topological polar surface area (TPSA) is 80.7 Å². The zero-order valence-electron chi connectivity index (χ0n) is 12.3. The number of aliphatic hydroxyl groups excluding tert-OH is 1. The van der Waals surface area contributed by atoms with E-state index in [0.29, 0.717) is 24.0 Å². The number of ketones is 2. The van der Waals surface area contributed by atoms with Crippen molar-refractivity contribution in [1.82, 2.24) is 0 Å². The molecule has 5 atom stereocenters. The summed E-state index contributed by atoms with van der Waals surface area (Å²) in [6.45, 7) is 4.84. The molecular formula is C15H19ClO5. The monoisotopic (exact) mass is 314 g/mol. The van der Waals surface area contributed by atoms with Gasteiger partial charge in [0.1, 0.15) is 17.3 Å². The standard InChI is InChI=1S/C15H19ClO5/c1-6(17)4-5-9-7(2)15(20)21-14(9)10-8(3)12(18)11(16)13(10)19/h7,9,11-12,14,18H,4-5H2,1-3H3/t7-,9-,11+,12-,14-/m0/s1. The van der Waals surface area contributed by atoms with E-state index in [-0.39, 0.29) is 29.4 Å². The van der Waals surface area contributed by atoms with Gasteiger partial charge in [-0.15, -0.1) is 11.6 Å². The molecule has 0 spiro atoms. The van der Waals surface area contributed by atoms with Crippen LogP contribution in [0, 0.1) is 11.8 Å². The second kappa shape index (κ2) is 5.89. The molecule has 0 aromatic carbocycles. The number of carbonyl (C=O) groups is 3. The summed E-state index contributed by atoms with van der Waals surface area (Å²) in [6.07, 6.45) is -0.954. The van der Waals surface area contributed by atoms with Crippen molar-refractivity contribution in [3.8, 4) is 0 Å². The molecule has 6 heteroatoms. The molecule has 1 aliphatic heterocycles. The number of halogens is 1.